The Hall–Kier alpha value is -2.75. The molecule has 4 heteroatoms. The summed E-state index contributed by atoms with van der Waals surface area (Å²) in [6.07, 6.45) is 13.9. The molecule has 1 nitrogen and oxygen atoms in total. The molecule has 0 heterocycles. The summed E-state index contributed by atoms with van der Waals surface area (Å²) >= 11 is 0. The first kappa shape index (κ1) is 29.2. The second-order valence-electron chi connectivity index (χ2n) is 11.2. The minimum Gasteiger partial charge on any atom is -0.490 e. The molecule has 39 heavy (non-hydrogen) atoms. The summed E-state index contributed by atoms with van der Waals surface area (Å²) in [6.45, 7) is 4.79. The molecule has 0 atom stereocenters. The van der Waals surface area contributed by atoms with Crippen molar-refractivity contribution >= 4 is 0 Å². The van der Waals surface area contributed by atoms with Gasteiger partial charge in [0.25, 0.3) is 0 Å². The fourth-order valence-corrected chi connectivity index (χ4v) is 5.97. The van der Waals surface area contributed by atoms with E-state index in [2.05, 4.69) is 19.9 Å². The smallest absolute Gasteiger partial charge is 0.201 e. The van der Waals surface area contributed by atoms with Gasteiger partial charge in [0, 0.05) is 11.1 Å². The monoisotopic (exact) mass is 536 g/mol. The molecule has 0 spiro atoms. The van der Waals surface area contributed by atoms with Crippen LogP contribution in [0.1, 0.15) is 102 Å². The van der Waals surface area contributed by atoms with Crippen molar-refractivity contribution in [1.82, 2.24) is 0 Å². The Morgan fingerprint density at radius 1 is 0.667 bits per heavy atom. The van der Waals surface area contributed by atoms with Crippen LogP contribution in [0.5, 0.6) is 5.75 Å². The predicted octanol–water partition coefficient (Wildman–Crippen LogP) is 11.3. The van der Waals surface area contributed by atoms with Crippen LogP contribution in [0.25, 0.3) is 22.3 Å². The first-order valence-corrected chi connectivity index (χ1v) is 15.0. The molecule has 0 aromatic heterocycles. The average Bonchev–Trinajstić information content (AvgIpc) is 2.95. The van der Waals surface area contributed by atoms with Gasteiger partial charge >= 0.3 is 0 Å². The van der Waals surface area contributed by atoms with Gasteiger partial charge < -0.3 is 4.74 Å². The molecule has 1 aliphatic carbocycles. The maximum Gasteiger partial charge on any atom is 0.201 e. The van der Waals surface area contributed by atoms with E-state index < -0.39 is 11.6 Å². The van der Waals surface area contributed by atoms with Crippen molar-refractivity contribution in [2.45, 2.75) is 96.8 Å². The summed E-state index contributed by atoms with van der Waals surface area (Å²) in [6, 6.07) is 15.6. The summed E-state index contributed by atoms with van der Waals surface area (Å²) in [5.41, 5.74) is 3.03. The van der Waals surface area contributed by atoms with Gasteiger partial charge in [-0.3, -0.25) is 0 Å². The number of rotatable bonds is 13. The average molecular weight is 537 g/mol. The molecule has 0 amide bonds. The second kappa shape index (κ2) is 14.6. The molecule has 1 fully saturated rings. The van der Waals surface area contributed by atoms with Gasteiger partial charge in [0.15, 0.2) is 11.6 Å². The fraction of sp³-hybridized carbons (Fsp3) is 0.486. The molecule has 210 valence electrons. The summed E-state index contributed by atoms with van der Waals surface area (Å²) in [4.78, 5) is 0. The molecule has 4 rings (SSSR count). The van der Waals surface area contributed by atoms with E-state index in [0.717, 1.165) is 43.6 Å². The van der Waals surface area contributed by atoms with E-state index in [1.165, 1.54) is 51.0 Å². The van der Waals surface area contributed by atoms with Gasteiger partial charge in [0.2, 0.25) is 5.82 Å². The molecular weight excluding hydrogens is 493 g/mol. The second-order valence-corrected chi connectivity index (χ2v) is 11.2. The van der Waals surface area contributed by atoms with Crippen LogP contribution in [-0.2, 0) is 0 Å². The molecule has 0 radical (unpaired) electrons. The lowest BCUT2D eigenvalue weighted by molar-refractivity contribution is 0.285. The van der Waals surface area contributed by atoms with Gasteiger partial charge in [-0.05, 0) is 78.8 Å². The van der Waals surface area contributed by atoms with E-state index in [4.69, 9.17) is 4.74 Å². The van der Waals surface area contributed by atoms with Crippen molar-refractivity contribution in [3.63, 3.8) is 0 Å². The Morgan fingerprint density at radius 2 is 1.31 bits per heavy atom. The third kappa shape index (κ3) is 7.68. The largest absolute Gasteiger partial charge is 0.490 e. The third-order valence-corrected chi connectivity index (χ3v) is 8.32. The number of hydrogen-bond acceptors (Lipinski definition) is 1. The predicted molar refractivity (Wildman–Crippen MR) is 156 cm³/mol. The Bertz CT molecular complexity index is 1180. The van der Waals surface area contributed by atoms with E-state index in [1.807, 2.05) is 6.07 Å². The van der Waals surface area contributed by atoms with E-state index in [0.29, 0.717) is 29.2 Å². The van der Waals surface area contributed by atoms with Crippen molar-refractivity contribution in [2.75, 3.05) is 6.61 Å². The zero-order chi connectivity index (χ0) is 27.6. The Morgan fingerprint density at radius 3 is 1.97 bits per heavy atom. The molecule has 1 aliphatic rings. The van der Waals surface area contributed by atoms with Gasteiger partial charge in [0.05, 0.1) is 6.61 Å². The van der Waals surface area contributed by atoms with Crippen LogP contribution in [0.3, 0.4) is 0 Å². The van der Waals surface area contributed by atoms with E-state index in [-0.39, 0.29) is 17.1 Å². The normalized spacial score (nSPS) is 17.4. The molecule has 1 saturated carbocycles. The molecule has 3 aromatic rings. The maximum atomic E-state index is 15.2. The molecule has 0 aliphatic heterocycles. The highest BCUT2D eigenvalue weighted by Crippen LogP contribution is 2.39. The van der Waals surface area contributed by atoms with E-state index in [9.17, 15) is 8.78 Å². The Labute approximate surface area is 232 Å². The minimum absolute atomic E-state index is 0.0533. The van der Waals surface area contributed by atoms with Crippen LogP contribution >= 0.6 is 0 Å². The van der Waals surface area contributed by atoms with Crippen LogP contribution in [0.2, 0.25) is 0 Å². The zero-order valence-electron chi connectivity index (χ0n) is 23.6. The van der Waals surface area contributed by atoms with Crippen LogP contribution in [0, 0.1) is 23.4 Å². The lowest BCUT2D eigenvalue weighted by Gasteiger charge is -2.28. The van der Waals surface area contributed by atoms with Crippen LogP contribution in [-0.4, -0.2) is 6.61 Å². The standard InChI is InChI=1S/C35H43F3O/c1-3-5-6-7-8-9-23-39-33-22-21-31(34(37)35(33)38)28-17-15-27(16-18-28)30-20-19-29(24-32(30)36)26-13-11-25(10-4-2)12-14-26/h15-22,24-26H,3-14,23H2,1-2H3. The Kier molecular flexibility index (Phi) is 10.9. The topological polar surface area (TPSA) is 9.23 Å². The van der Waals surface area contributed by atoms with Crippen molar-refractivity contribution < 1.29 is 17.9 Å². The first-order valence-electron chi connectivity index (χ1n) is 15.0. The van der Waals surface area contributed by atoms with Gasteiger partial charge in [-0.25, -0.2) is 8.78 Å². The summed E-state index contributed by atoms with van der Waals surface area (Å²) < 4.78 is 50.3. The van der Waals surface area contributed by atoms with Crippen molar-refractivity contribution in [2.24, 2.45) is 5.92 Å². The molecular formula is C35H43F3O. The van der Waals surface area contributed by atoms with Crippen molar-refractivity contribution in [3.8, 4) is 28.0 Å². The lowest BCUT2D eigenvalue weighted by atomic mass is 9.77. The van der Waals surface area contributed by atoms with Crippen LogP contribution in [0.15, 0.2) is 54.6 Å². The molecule has 3 aromatic carbocycles. The number of ether oxygens (including phenoxy) is 1. The highest BCUT2D eigenvalue weighted by Gasteiger charge is 2.23. The number of benzene rings is 3. The van der Waals surface area contributed by atoms with Gasteiger partial charge in [0.1, 0.15) is 5.82 Å². The number of unbranched alkanes of at least 4 members (excludes halogenated alkanes) is 5. The highest BCUT2D eigenvalue weighted by molar-refractivity contribution is 5.71. The van der Waals surface area contributed by atoms with Crippen molar-refractivity contribution in [3.05, 3.63) is 77.6 Å². The van der Waals surface area contributed by atoms with E-state index in [1.54, 1.807) is 36.4 Å². The van der Waals surface area contributed by atoms with Crippen LogP contribution in [0.4, 0.5) is 13.2 Å². The number of halogens is 3. The maximum absolute atomic E-state index is 15.2. The third-order valence-electron chi connectivity index (χ3n) is 8.32. The number of hydrogen-bond donors (Lipinski definition) is 0. The van der Waals surface area contributed by atoms with Gasteiger partial charge in [-0.15, -0.1) is 0 Å². The van der Waals surface area contributed by atoms with Gasteiger partial charge in [-0.2, -0.15) is 4.39 Å². The summed E-state index contributed by atoms with van der Waals surface area (Å²) in [5.74, 6) is -0.927. The lowest BCUT2D eigenvalue weighted by Crippen LogP contribution is -2.13. The Balaban J connectivity index is 1.38. The summed E-state index contributed by atoms with van der Waals surface area (Å²) in [5, 5.41) is 0. The minimum atomic E-state index is -0.965. The highest BCUT2D eigenvalue weighted by atomic mass is 19.2. The molecule has 0 bridgehead atoms. The SMILES string of the molecule is CCCCCCCCOc1ccc(-c2ccc(-c3ccc(C4CCC(CCC)CC4)cc3F)cc2)c(F)c1F. The van der Waals surface area contributed by atoms with Crippen molar-refractivity contribution in [1.29, 1.82) is 0 Å². The summed E-state index contributed by atoms with van der Waals surface area (Å²) in [7, 11) is 0. The van der Waals surface area contributed by atoms with Gasteiger partial charge in [-0.1, -0.05) is 95.2 Å². The quantitative estimate of drug-likeness (QED) is 0.197. The fourth-order valence-electron chi connectivity index (χ4n) is 5.97. The first-order chi connectivity index (χ1) is 19.0. The van der Waals surface area contributed by atoms with Crippen LogP contribution < -0.4 is 4.74 Å². The molecule has 0 unspecified atom stereocenters. The molecule has 0 saturated heterocycles. The molecule has 0 N–H and O–H groups in total. The zero-order valence-corrected chi connectivity index (χ0v) is 23.6. The van der Waals surface area contributed by atoms with E-state index >= 15 is 4.39 Å².